The van der Waals surface area contributed by atoms with Gasteiger partial charge in [0, 0.05) is 0 Å². The quantitative estimate of drug-likeness (QED) is 0.524. The molecule has 2 heteroatoms. The fraction of sp³-hybridized carbons (Fsp3) is 0.333. The van der Waals surface area contributed by atoms with Crippen LogP contribution in [0.2, 0.25) is 0 Å². The summed E-state index contributed by atoms with van der Waals surface area (Å²) < 4.78 is 10.8. The van der Waals surface area contributed by atoms with Crippen LogP contribution in [0.15, 0.2) is 43.0 Å². The molecule has 0 N–H and O–H groups in total. The number of epoxide rings is 1. The maximum absolute atomic E-state index is 5.50. The SMILES string of the molecule is C=C[C@H]1O[C@H]1COCc1ccccc1. The van der Waals surface area contributed by atoms with Crippen LogP contribution < -0.4 is 0 Å². The summed E-state index contributed by atoms with van der Waals surface area (Å²) in [5, 5.41) is 0. The van der Waals surface area contributed by atoms with E-state index >= 15 is 0 Å². The summed E-state index contributed by atoms with van der Waals surface area (Å²) in [6, 6.07) is 10.1. The Morgan fingerprint density at radius 3 is 2.79 bits per heavy atom. The molecule has 0 amide bonds. The van der Waals surface area contributed by atoms with Gasteiger partial charge in [0.2, 0.25) is 0 Å². The summed E-state index contributed by atoms with van der Waals surface area (Å²) in [5.74, 6) is 0. The van der Waals surface area contributed by atoms with Crippen LogP contribution in [0.4, 0.5) is 0 Å². The zero-order valence-corrected chi connectivity index (χ0v) is 8.06. The maximum atomic E-state index is 5.50. The Bertz CT molecular complexity index is 294. The van der Waals surface area contributed by atoms with Gasteiger partial charge in [0.25, 0.3) is 0 Å². The average molecular weight is 190 g/mol. The van der Waals surface area contributed by atoms with Crippen LogP contribution in [0, 0.1) is 0 Å². The Morgan fingerprint density at radius 1 is 1.36 bits per heavy atom. The van der Waals surface area contributed by atoms with E-state index in [2.05, 4.69) is 18.7 Å². The highest BCUT2D eigenvalue weighted by molar-refractivity contribution is 5.13. The second-order valence-electron chi connectivity index (χ2n) is 3.38. The van der Waals surface area contributed by atoms with Crippen molar-refractivity contribution in [1.82, 2.24) is 0 Å². The lowest BCUT2D eigenvalue weighted by Crippen LogP contribution is -2.03. The summed E-state index contributed by atoms with van der Waals surface area (Å²) in [4.78, 5) is 0. The molecule has 2 atom stereocenters. The van der Waals surface area contributed by atoms with Crippen LogP contribution in [0.5, 0.6) is 0 Å². The lowest BCUT2D eigenvalue weighted by Gasteiger charge is -2.01. The van der Waals surface area contributed by atoms with Gasteiger partial charge in [-0.25, -0.2) is 0 Å². The summed E-state index contributed by atoms with van der Waals surface area (Å²) in [5.41, 5.74) is 1.20. The van der Waals surface area contributed by atoms with E-state index in [1.807, 2.05) is 24.3 Å². The highest BCUT2D eigenvalue weighted by Gasteiger charge is 2.35. The van der Waals surface area contributed by atoms with E-state index in [1.54, 1.807) is 0 Å². The Labute approximate surface area is 84.2 Å². The summed E-state index contributed by atoms with van der Waals surface area (Å²) in [6.07, 6.45) is 2.26. The Kier molecular flexibility index (Phi) is 2.96. The van der Waals surface area contributed by atoms with Crippen LogP contribution in [0.3, 0.4) is 0 Å². The zero-order chi connectivity index (χ0) is 9.80. The van der Waals surface area contributed by atoms with Gasteiger partial charge in [0.1, 0.15) is 12.2 Å². The van der Waals surface area contributed by atoms with E-state index in [0.717, 1.165) is 0 Å². The van der Waals surface area contributed by atoms with Crippen molar-refractivity contribution < 1.29 is 9.47 Å². The second kappa shape index (κ2) is 4.40. The van der Waals surface area contributed by atoms with E-state index in [4.69, 9.17) is 9.47 Å². The van der Waals surface area contributed by atoms with Gasteiger partial charge in [0.05, 0.1) is 13.2 Å². The Balaban J connectivity index is 1.67. The first-order chi connectivity index (χ1) is 6.90. The molecular formula is C12H14O2. The average Bonchev–Trinajstić information content (AvgIpc) is 2.98. The van der Waals surface area contributed by atoms with E-state index in [-0.39, 0.29) is 12.2 Å². The van der Waals surface area contributed by atoms with Gasteiger partial charge in [-0.1, -0.05) is 36.4 Å². The molecule has 2 rings (SSSR count). The van der Waals surface area contributed by atoms with Crippen molar-refractivity contribution in [2.75, 3.05) is 6.61 Å². The second-order valence-corrected chi connectivity index (χ2v) is 3.38. The van der Waals surface area contributed by atoms with E-state index in [1.165, 1.54) is 5.56 Å². The maximum Gasteiger partial charge on any atom is 0.111 e. The Morgan fingerprint density at radius 2 is 2.14 bits per heavy atom. The molecule has 1 heterocycles. The minimum atomic E-state index is 0.214. The van der Waals surface area contributed by atoms with E-state index < -0.39 is 0 Å². The Hall–Kier alpha value is -1.12. The largest absolute Gasteiger partial charge is 0.374 e. The van der Waals surface area contributed by atoms with Gasteiger partial charge >= 0.3 is 0 Å². The number of ether oxygens (including phenoxy) is 2. The van der Waals surface area contributed by atoms with Gasteiger partial charge in [-0.15, -0.1) is 6.58 Å². The molecule has 0 bridgehead atoms. The van der Waals surface area contributed by atoms with Crippen molar-refractivity contribution in [1.29, 1.82) is 0 Å². The van der Waals surface area contributed by atoms with Gasteiger partial charge in [-0.05, 0) is 5.56 Å². The predicted octanol–water partition coefficient (Wildman–Crippen LogP) is 2.16. The van der Waals surface area contributed by atoms with Crippen molar-refractivity contribution in [2.24, 2.45) is 0 Å². The molecule has 0 saturated carbocycles. The number of hydrogen-bond donors (Lipinski definition) is 0. The fourth-order valence-corrected chi connectivity index (χ4v) is 1.37. The molecule has 1 aromatic carbocycles. The third-order valence-electron chi connectivity index (χ3n) is 2.25. The number of rotatable bonds is 5. The highest BCUT2D eigenvalue weighted by Crippen LogP contribution is 2.22. The zero-order valence-electron chi connectivity index (χ0n) is 8.06. The third-order valence-corrected chi connectivity index (χ3v) is 2.25. The van der Waals surface area contributed by atoms with Gasteiger partial charge in [0.15, 0.2) is 0 Å². The van der Waals surface area contributed by atoms with Crippen molar-refractivity contribution in [3.63, 3.8) is 0 Å². The van der Waals surface area contributed by atoms with Crippen molar-refractivity contribution in [3.8, 4) is 0 Å². The first-order valence-corrected chi connectivity index (χ1v) is 4.80. The fourth-order valence-electron chi connectivity index (χ4n) is 1.37. The summed E-state index contributed by atoms with van der Waals surface area (Å²) in [6.45, 7) is 4.97. The third kappa shape index (κ3) is 2.44. The topological polar surface area (TPSA) is 21.8 Å². The monoisotopic (exact) mass is 190 g/mol. The van der Waals surface area contributed by atoms with Gasteiger partial charge in [-0.2, -0.15) is 0 Å². The normalized spacial score (nSPS) is 24.6. The molecule has 2 nitrogen and oxygen atoms in total. The van der Waals surface area contributed by atoms with E-state index in [9.17, 15) is 0 Å². The lowest BCUT2D eigenvalue weighted by atomic mass is 10.2. The molecule has 0 aliphatic carbocycles. The first-order valence-electron chi connectivity index (χ1n) is 4.80. The first kappa shape index (κ1) is 9.44. The minimum Gasteiger partial charge on any atom is -0.374 e. The van der Waals surface area contributed by atoms with Crippen molar-refractivity contribution in [3.05, 3.63) is 48.6 Å². The summed E-state index contributed by atoms with van der Waals surface area (Å²) >= 11 is 0. The molecule has 14 heavy (non-hydrogen) atoms. The van der Waals surface area contributed by atoms with Gasteiger partial charge < -0.3 is 9.47 Å². The minimum absolute atomic E-state index is 0.214. The number of hydrogen-bond acceptors (Lipinski definition) is 2. The molecule has 0 radical (unpaired) electrons. The molecule has 1 fully saturated rings. The molecule has 1 aromatic rings. The molecule has 1 aliphatic rings. The van der Waals surface area contributed by atoms with Crippen molar-refractivity contribution in [2.45, 2.75) is 18.8 Å². The molecule has 0 aromatic heterocycles. The number of benzene rings is 1. The van der Waals surface area contributed by atoms with Crippen LogP contribution in [0.25, 0.3) is 0 Å². The van der Waals surface area contributed by atoms with Crippen molar-refractivity contribution >= 4 is 0 Å². The molecular weight excluding hydrogens is 176 g/mol. The predicted molar refractivity (Wildman–Crippen MR) is 55.0 cm³/mol. The van der Waals surface area contributed by atoms with Crippen LogP contribution in [0.1, 0.15) is 5.56 Å². The van der Waals surface area contributed by atoms with Crippen LogP contribution >= 0.6 is 0 Å². The smallest absolute Gasteiger partial charge is 0.111 e. The molecule has 0 spiro atoms. The standard InChI is InChI=1S/C12H14O2/c1-2-11-12(14-11)9-13-8-10-6-4-3-5-7-10/h2-7,11-12H,1,8-9H2/t11-,12+/m1/s1. The molecule has 74 valence electrons. The molecule has 1 saturated heterocycles. The van der Waals surface area contributed by atoms with E-state index in [0.29, 0.717) is 13.2 Å². The molecule has 0 unspecified atom stereocenters. The summed E-state index contributed by atoms with van der Waals surface area (Å²) in [7, 11) is 0. The molecule has 1 aliphatic heterocycles. The van der Waals surface area contributed by atoms with Gasteiger partial charge in [-0.3, -0.25) is 0 Å². The van der Waals surface area contributed by atoms with Crippen LogP contribution in [-0.2, 0) is 16.1 Å². The van der Waals surface area contributed by atoms with Crippen LogP contribution in [-0.4, -0.2) is 18.8 Å². The lowest BCUT2D eigenvalue weighted by molar-refractivity contribution is 0.104. The highest BCUT2D eigenvalue weighted by atomic mass is 16.6.